The molecule has 0 heterocycles. The van der Waals surface area contributed by atoms with Gasteiger partial charge in [-0.3, -0.25) is 10.1 Å². The highest BCUT2D eigenvalue weighted by Crippen LogP contribution is 2.48. The second-order valence-corrected chi connectivity index (χ2v) is 4.38. The molecule has 0 aromatic heterocycles. The van der Waals surface area contributed by atoms with Gasteiger partial charge in [-0.1, -0.05) is 6.07 Å². The van der Waals surface area contributed by atoms with Crippen LogP contribution in [0.15, 0.2) is 18.2 Å². The second kappa shape index (κ2) is 3.83. The molecule has 4 nitrogen and oxygen atoms in total. The van der Waals surface area contributed by atoms with Crippen molar-refractivity contribution < 1.29 is 14.4 Å². The van der Waals surface area contributed by atoms with Crippen LogP contribution < -0.4 is 0 Å². The third-order valence-electron chi connectivity index (χ3n) is 3.08. The molecule has 0 unspecified atom stereocenters. The maximum atomic E-state index is 13.1. The lowest BCUT2D eigenvalue weighted by Gasteiger charge is -2.10. The van der Waals surface area contributed by atoms with Gasteiger partial charge in [0.1, 0.15) is 0 Å². The summed E-state index contributed by atoms with van der Waals surface area (Å²) in [6.07, 6.45) is 2.42. The molecule has 0 radical (unpaired) electrons. The number of rotatable bonds is 4. The molecule has 0 saturated heterocycles. The first kappa shape index (κ1) is 11.0. The fraction of sp³-hybridized carbons (Fsp3) is 0.455. The predicted molar refractivity (Wildman–Crippen MR) is 55.5 cm³/mol. The van der Waals surface area contributed by atoms with Crippen LogP contribution >= 0.6 is 0 Å². The normalized spacial score (nSPS) is 17.1. The van der Waals surface area contributed by atoms with Gasteiger partial charge in [0.25, 0.3) is 0 Å². The zero-order valence-electron chi connectivity index (χ0n) is 8.65. The number of hydrogen-bond acceptors (Lipinski definition) is 3. The lowest BCUT2D eigenvalue weighted by atomic mass is 9.97. The van der Waals surface area contributed by atoms with Crippen LogP contribution in [-0.4, -0.2) is 16.6 Å². The molecule has 1 aromatic rings. The third-order valence-corrected chi connectivity index (χ3v) is 3.08. The maximum absolute atomic E-state index is 13.1. The number of hydrogen-bond donors (Lipinski definition) is 1. The van der Waals surface area contributed by atoms with Gasteiger partial charge in [0.15, 0.2) is 0 Å². The lowest BCUT2D eigenvalue weighted by molar-refractivity contribution is -0.387. The first-order valence-corrected chi connectivity index (χ1v) is 5.10. The summed E-state index contributed by atoms with van der Waals surface area (Å²) in [5.74, 6) is -0.817. The van der Waals surface area contributed by atoms with Gasteiger partial charge in [0, 0.05) is 12.7 Å². The minimum atomic E-state index is -0.817. The summed E-state index contributed by atoms with van der Waals surface area (Å²) >= 11 is 0. The fourth-order valence-electron chi connectivity index (χ4n) is 1.81. The minimum Gasteiger partial charge on any atom is -0.396 e. The number of aliphatic hydroxyl groups is 1. The Bertz CT molecular complexity index is 429. The summed E-state index contributed by atoms with van der Waals surface area (Å²) in [5, 5.41) is 19.7. The largest absolute Gasteiger partial charge is 0.396 e. The zero-order valence-corrected chi connectivity index (χ0v) is 8.65. The van der Waals surface area contributed by atoms with E-state index < -0.39 is 16.4 Å². The summed E-state index contributed by atoms with van der Waals surface area (Å²) in [4.78, 5) is 9.82. The lowest BCUT2D eigenvalue weighted by Crippen LogP contribution is -2.10. The molecule has 86 valence electrons. The summed E-state index contributed by atoms with van der Waals surface area (Å²) in [7, 11) is 0. The Labute approximate surface area is 91.9 Å². The van der Waals surface area contributed by atoms with Gasteiger partial charge in [0.2, 0.25) is 5.82 Å². The Morgan fingerprint density at radius 1 is 1.50 bits per heavy atom. The number of nitro groups is 1. The van der Waals surface area contributed by atoms with E-state index >= 15 is 0 Å². The van der Waals surface area contributed by atoms with E-state index in [4.69, 9.17) is 5.11 Å². The van der Waals surface area contributed by atoms with Crippen LogP contribution in [0.3, 0.4) is 0 Å². The van der Waals surface area contributed by atoms with Crippen molar-refractivity contribution in [3.63, 3.8) is 0 Å². The summed E-state index contributed by atoms with van der Waals surface area (Å²) in [6.45, 7) is 0.0815. The van der Waals surface area contributed by atoms with Crippen LogP contribution in [0.25, 0.3) is 0 Å². The van der Waals surface area contributed by atoms with Gasteiger partial charge in [-0.25, -0.2) is 0 Å². The molecular formula is C11H12FNO3. The van der Waals surface area contributed by atoms with Gasteiger partial charge in [-0.05, 0) is 36.3 Å². The second-order valence-electron chi connectivity index (χ2n) is 4.38. The first-order chi connectivity index (χ1) is 7.56. The quantitative estimate of drug-likeness (QED) is 0.630. The third kappa shape index (κ3) is 2.04. The molecule has 1 aromatic carbocycles. The Hall–Kier alpha value is -1.49. The standard InChI is InChI=1S/C11H12FNO3/c12-9-2-1-8(5-10(9)13(15)16)6-11(7-14)3-4-11/h1-2,5,14H,3-4,6-7H2. The van der Waals surface area contributed by atoms with Crippen molar-refractivity contribution in [2.45, 2.75) is 19.3 Å². The first-order valence-electron chi connectivity index (χ1n) is 5.10. The van der Waals surface area contributed by atoms with Crippen molar-refractivity contribution in [3.8, 4) is 0 Å². The predicted octanol–water partition coefficient (Wildman–Crippen LogP) is 2.05. The van der Waals surface area contributed by atoms with E-state index in [-0.39, 0.29) is 12.0 Å². The summed E-state index contributed by atoms with van der Waals surface area (Å²) < 4.78 is 13.1. The maximum Gasteiger partial charge on any atom is 0.305 e. The summed E-state index contributed by atoms with van der Waals surface area (Å²) in [5.41, 5.74) is 0.0944. The number of halogens is 1. The highest BCUT2D eigenvalue weighted by Gasteiger charge is 2.42. The molecule has 2 rings (SSSR count). The van der Waals surface area contributed by atoms with Gasteiger partial charge in [0.05, 0.1) is 4.92 Å². The number of aliphatic hydroxyl groups excluding tert-OH is 1. The zero-order chi connectivity index (χ0) is 11.8. The van der Waals surface area contributed by atoms with Gasteiger partial charge in [-0.2, -0.15) is 4.39 Å². The van der Waals surface area contributed by atoms with Crippen molar-refractivity contribution in [2.75, 3.05) is 6.61 Å². The van der Waals surface area contributed by atoms with Crippen molar-refractivity contribution in [1.82, 2.24) is 0 Å². The molecular weight excluding hydrogens is 213 g/mol. The van der Waals surface area contributed by atoms with E-state index in [1.807, 2.05) is 0 Å². The Balaban J connectivity index is 2.23. The van der Waals surface area contributed by atoms with Gasteiger partial charge in [-0.15, -0.1) is 0 Å². The molecule has 1 aliphatic rings. The smallest absolute Gasteiger partial charge is 0.305 e. The molecule has 1 saturated carbocycles. The van der Waals surface area contributed by atoms with Crippen molar-refractivity contribution in [3.05, 3.63) is 39.7 Å². The van der Waals surface area contributed by atoms with Crippen LogP contribution in [0.2, 0.25) is 0 Å². The van der Waals surface area contributed by atoms with Crippen LogP contribution in [0.5, 0.6) is 0 Å². The van der Waals surface area contributed by atoms with Crippen LogP contribution in [0, 0.1) is 21.3 Å². The highest BCUT2D eigenvalue weighted by molar-refractivity contribution is 5.37. The molecule has 5 heteroatoms. The molecule has 1 fully saturated rings. The van der Waals surface area contributed by atoms with E-state index in [1.165, 1.54) is 12.1 Å². The molecule has 0 atom stereocenters. The fourth-order valence-corrected chi connectivity index (χ4v) is 1.81. The van der Waals surface area contributed by atoms with Crippen LogP contribution in [-0.2, 0) is 6.42 Å². The van der Waals surface area contributed by atoms with Gasteiger partial charge >= 0.3 is 5.69 Å². The van der Waals surface area contributed by atoms with E-state index in [0.717, 1.165) is 18.9 Å². The molecule has 16 heavy (non-hydrogen) atoms. The number of nitro benzene ring substituents is 1. The van der Waals surface area contributed by atoms with Crippen molar-refractivity contribution in [2.24, 2.45) is 5.41 Å². The summed E-state index contributed by atoms with van der Waals surface area (Å²) in [6, 6.07) is 3.91. The molecule has 0 spiro atoms. The van der Waals surface area contributed by atoms with Crippen molar-refractivity contribution in [1.29, 1.82) is 0 Å². The van der Waals surface area contributed by atoms with E-state index in [2.05, 4.69) is 0 Å². The highest BCUT2D eigenvalue weighted by atomic mass is 19.1. The Morgan fingerprint density at radius 2 is 2.19 bits per heavy atom. The number of benzene rings is 1. The average Bonchev–Trinajstić information content (AvgIpc) is 3.01. The van der Waals surface area contributed by atoms with Crippen LogP contribution in [0.4, 0.5) is 10.1 Å². The molecule has 1 aliphatic carbocycles. The van der Waals surface area contributed by atoms with E-state index in [1.54, 1.807) is 0 Å². The molecule has 0 amide bonds. The monoisotopic (exact) mass is 225 g/mol. The average molecular weight is 225 g/mol. The molecule has 1 N–H and O–H groups in total. The Kier molecular flexibility index (Phi) is 2.63. The minimum absolute atomic E-state index is 0.0815. The van der Waals surface area contributed by atoms with E-state index in [9.17, 15) is 14.5 Å². The molecule has 0 aliphatic heterocycles. The van der Waals surface area contributed by atoms with E-state index in [0.29, 0.717) is 12.0 Å². The van der Waals surface area contributed by atoms with Gasteiger partial charge < -0.3 is 5.11 Å². The van der Waals surface area contributed by atoms with Crippen molar-refractivity contribution >= 4 is 5.69 Å². The SMILES string of the molecule is O=[N+]([O-])c1cc(CC2(CO)CC2)ccc1F. The van der Waals surface area contributed by atoms with Crippen LogP contribution in [0.1, 0.15) is 18.4 Å². The Morgan fingerprint density at radius 3 is 2.69 bits per heavy atom. The molecule has 0 bridgehead atoms. The number of nitrogens with zero attached hydrogens (tertiary/aromatic N) is 1. The topological polar surface area (TPSA) is 63.4 Å².